The van der Waals surface area contributed by atoms with Crippen molar-refractivity contribution in [2.24, 2.45) is 16.9 Å². The molecule has 0 spiro atoms. The summed E-state index contributed by atoms with van der Waals surface area (Å²) in [6.45, 7) is 6.12. The van der Waals surface area contributed by atoms with Gasteiger partial charge >= 0.3 is 0 Å². The molecule has 3 aliphatic rings. The lowest BCUT2D eigenvalue weighted by Crippen LogP contribution is -2.40. The van der Waals surface area contributed by atoms with Gasteiger partial charge in [-0.2, -0.15) is 5.10 Å². The Balaban J connectivity index is 1.63. The minimum absolute atomic E-state index is 0.755. The first kappa shape index (κ1) is 15.4. The van der Waals surface area contributed by atoms with E-state index in [1.807, 2.05) is 32.0 Å². The highest BCUT2D eigenvalue weighted by molar-refractivity contribution is 7.80. The van der Waals surface area contributed by atoms with E-state index in [2.05, 4.69) is 20.4 Å². The van der Waals surface area contributed by atoms with E-state index in [-0.39, 0.29) is 0 Å². The van der Waals surface area contributed by atoms with Crippen LogP contribution in [0.1, 0.15) is 44.0 Å². The Bertz CT molecular complexity index is 562. The average Bonchev–Trinajstić information content (AvgIpc) is 2.86. The van der Waals surface area contributed by atoms with Gasteiger partial charge in [0.1, 0.15) is 0 Å². The van der Waals surface area contributed by atoms with Crippen LogP contribution in [0.3, 0.4) is 0 Å². The second-order valence-electron chi connectivity index (χ2n) is 6.57. The minimum Gasteiger partial charge on any atom is -0.347 e. The molecule has 1 saturated carbocycles. The molecule has 0 radical (unpaired) electrons. The van der Waals surface area contributed by atoms with Gasteiger partial charge < -0.3 is 4.90 Å². The van der Waals surface area contributed by atoms with E-state index in [0.717, 1.165) is 47.1 Å². The van der Waals surface area contributed by atoms with Crippen LogP contribution >= 0.6 is 12.2 Å². The molecule has 22 heavy (non-hydrogen) atoms. The maximum Gasteiger partial charge on any atom is 0.189 e. The maximum atomic E-state index is 5.55. The monoisotopic (exact) mass is 316 g/mol. The van der Waals surface area contributed by atoms with Gasteiger partial charge in [0.15, 0.2) is 5.11 Å². The van der Waals surface area contributed by atoms with Crippen LogP contribution in [0.5, 0.6) is 0 Å². The van der Waals surface area contributed by atoms with Crippen LogP contribution in [0.4, 0.5) is 0 Å². The predicted molar refractivity (Wildman–Crippen MR) is 93.9 cm³/mol. The standard InChI is InChI=1S/C17H24N4S/c1-12-4-3-5-16(18-12)13(2)19-20-17(22)21-10-14-6-7-15(11-21)9-8-14/h3-5,14-15H,6-11H2,1-2H3,(H,20,22)/b19-13-. The van der Waals surface area contributed by atoms with Crippen LogP contribution in [0.15, 0.2) is 23.3 Å². The Morgan fingerprint density at radius 2 is 1.86 bits per heavy atom. The van der Waals surface area contributed by atoms with Gasteiger partial charge in [0.25, 0.3) is 0 Å². The number of hydrogen-bond acceptors (Lipinski definition) is 3. The highest BCUT2D eigenvalue weighted by atomic mass is 32.1. The molecule has 1 aromatic heterocycles. The number of fused-ring (bicyclic) bond motifs is 4. The number of thiocarbonyl (C=S) groups is 1. The molecule has 0 aromatic carbocycles. The number of rotatable bonds is 2. The van der Waals surface area contributed by atoms with Crippen molar-refractivity contribution in [1.29, 1.82) is 0 Å². The van der Waals surface area contributed by atoms with Gasteiger partial charge in [0, 0.05) is 18.8 Å². The molecule has 4 nitrogen and oxygen atoms in total. The summed E-state index contributed by atoms with van der Waals surface area (Å²) in [6.07, 6.45) is 5.44. The van der Waals surface area contributed by atoms with Crippen molar-refractivity contribution in [3.63, 3.8) is 0 Å². The Morgan fingerprint density at radius 1 is 1.23 bits per heavy atom. The van der Waals surface area contributed by atoms with E-state index in [4.69, 9.17) is 12.2 Å². The zero-order valence-electron chi connectivity index (χ0n) is 13.4. The normalized spacial score (nSPS) is 25.0. The molecule has 2 aliphatic heterocycles. The molecule has 0 atom stereocenters. The summed E-state index contributed by atoms with van der Waals surface area (Å²) in [7, 11) is 0. The quantitative estimate of drug-likeness (QED) is 0.517. The number of nitrogens with zero attached hydrogens (tertiary/aromatic N) is 3. The van der Waals surface area contributed by atoms with Crippen LogP contribution < -0.4 is 5.43 Å². The molecule has 5 heteroatoms. The number of aromatic nitrogens is 1. The number of pyridine rings is 1. The maximum absolute atomic E-state index is 5.55. The third-order valence-corrected chi connectivity index (χ3v) is 5.14. The second-order valence-corrected chi connectivity index (χ2v) is 6.96. The molecule has 1 aliphatic carbocycles. The van der Waals surface area contributed by atoms with Gasteiger partial charge in [0.2, 0.25) is 0 Å². The lowest BCUT2D eigenvalue weighted by molar-refractivity contribution is 0.326. The number of hydrazone groups is 1. The van der Waals surface area contributed by atoms with Gasteiger partial charge in [-0.15, -0.1) is 0 Å². The van der Waals surface area contributed by atoms with Crippen molar-refractivity contribution in [3.8, 4) is 0 Å². The molecule has 2 bridgehead atoms. The molecule has 4 rings (SSSR count). The summed E-state index contributed by atoms with van der Waals surface area (Å²) in [5.74, 6) is 1.61. The van der Waals surface area contributed by atoms with E-state index >= 15 is 0 Å². The first-order valence-corrected chi connectivity index (χ1v) is 8.56. The Labute approximate surface area is 138 Å². The van der Waals surface area contributed by atoms with Crippen molar-refractivity contribution in [3.05, 3.63) is 29.6 Å². The summed E-state index contributed by atoms with van der Waals surface area (Å²) >= 11 is 5.55. The Hall–Kier alpha value is -1.49. The highest BCUT2D eigenvalue weighted by Crippen LogP contribution is 2.33. The second kappa shape index (κ2) is 6.73. The Morgan fingerprint density at radius 3 is 2.45 bits per heavy atom. The van der Waals surface area contributed by atoms with Crippen LogP contribution in [0, 0.1) is 18.8 Å². The summed E-state index contributed by atoms with van der Waals surface area (Å²) in [5.41, 5.74) is 5.83. The van der Waals surface area contributed by atoms with E-state index in [1.54, 1.807) is 0 Å². The first-order valence-electron chi connectivity index (χ1n) is 8.15. The number of hydrogen-bond donors (Lipinski definition) is 1. The molecular weight excluding hydrogens is 292 g/mol. The lowest BCUT2D eigenvalue weighted by atomic mass is 9.84. The highest BCUT2D eigenvalue weighted by Gasteiger charge is 2.30. The zero-order valence-corrected chi connectivity index (χ0v) is 14.2. The molecule has 2 saturated heterocycles. The summed E-state index contributed by atoms with van der Waals surface area (Å²) < 4.78 is 0. The van der Waals surface area contributed by atoms with Gasteiger partial charge in [-0.25, -0.2) is 0 Å². The van der Waals surface area contributed by atoms with Crippen molar-refractivity contribution in [2.75, 3.05) is 13.1 Å². The fraction of sp³-hybridized carbons (Fsp3) is 0.588. The van der Waals surface area contributed by atoms with E-state index in [9.17, 15) is 0 Å². The molecule has 1 N–H and O–H groups in total. The smallest absolute Gasteiger partial charge is 0.189 e. The Kier molecular flexibility index (Phi) is 4.71. The van der Waals surface area contributed by atoms with Gasteiger partial charge in [-0.05, 0) is 75.7 Å². The van der Waals surface area contributed by atoms with Crippen molar-refractivity contribution < 1.29 is 0 Å². The zero-order chi connectivity index (χ0) is 15.5. The first-order chi connectivity index (χ1) is 10.6. The minimum atomic E-state index is 0.755. The van der Waals surface area contributed by atoms with Crippen LogP contribution in [-0.2, 0) is 0 Å². The van der Waals surface area contributed by atoms with E-state index in [1.165, 1.54) is 25.7 Å². The predicted octanol–water partition coefficient (Wildman–Crippen LogP) is 3.11. The van der Waals surface area contributed by atoms with E-state index in [0.29, 0.717) is 0 Å². The average molecular weight is 316 g/mol. The van der Waals surface area contributed by atoms with Crippen LogP contribution in [0.25, 0.3) is 0 Å². The van der Waals surface area contributed by atoms with Crippen molar-refractivity contribution >= 4 is 23.0 Å². The third-order valence-electron chi connectivity index (χ3n) is 4.79. The van der Waals surface area contributed by atoms with Gasteiger partial charge in [-0.1, -0.05) is 6.07 Å². The largest absolute Gasteiger partial charge is 0.347 e. The third kappa shape index (κ3) is 3.64. The SMILES string of the molecule is C/C(=N/NC(=S)N1CC2CCC(CC2)C1)c1cccc(C)n1. The molecule has 0 unspecified atom stereocenters. The van der Waals surface area contributed by atoms with Crippen LogP contribution in [0.2, 0.25) is 0 Å². The number of aryl methyl sites for hydroxylation is 1. The van der Waals surface area contributed by atoms with E-state index < -0.39 is 0 Å². The summed E-state index contributed by atoms with van der Waals surface area (Å²) in [5, 5.41) is 5.19. The molecule has 0 amide bonds. The van der Waals surface area contributed by atoms with Crippen LogP contribution in [-0.4, -0.2) is 33.8 Å². The summed E-state index contributed by atoms with van der Waals surface area (Å²) in [6, 6.07) is 5.96. The topological polar surface area (TPSA) is 40.5 Å². The fourth-order valence-corrected chi connectivity index (χ4v) is 3.66. The van der Waals surface area contributed by atoms with Gasteiger partial charge in [-0.3, -0.25) is 10.4 Å². The molecule has 118 valence electrons. The van der Waals surface area contributed by atoms with Crippen molar-refractivity contribution in [1.82, 2.24) is 15.3 Å². The fourth-order valence-electron chi connectivity index (χ4n) is 3.46. The lowest BCUT2D eigenvalue weighted by Gasteiger charge is -2.24. The van der Waals surface area contributed by atoms with Gasteiger partial charge in [0.05, 0.1) is 11.4 Å². The number of nitrogens with one attached hydrogen (secondary N) is 1. The molecule has 3 fully saturated rings. The molecule has 1 aromatic rings. The van der Waals surface area contributed by atoms with Crippen molar-refractivity contribution in [2.45, 2.75) is 39.5 Å². The summed E-state index contributed by atoms with van der Waals surface area (Å²) in [4.78, 5) is 6.80. The molecular formula is C17H24N4S. The molecule has 3 heterocycles.